The molecule has 0 atom stereocenters. The van der Waals surface area contributed by atoms with E-state index in [2.05, 4.69) is 10.1 Å². The van der Waals surface area contributed by atoms with E-state index in [4.69, 9.17) is 10.5 Å². The third-order valence-electron chi connectivity index (χ3n) is 5.02. The van der Waals surface area contributed by atoms with Crippen LogP contribution >= 0.6 is 0 Å². The molecule has 0 fully saturated rings. The number of aryl methyl sites for hydroxylation is 4. The highest BCUT2D eigenvalue weighted by atomic mass is 32.2. The van der Waals surface area contributed by atoms with Crippen molar-refractivity contribution in [2.45, 2.75) is 51.9 Å². The standard InChI is InChI=1S/C23H29N5O4S/c1-13-10-14(2)19(15(3)11-13)32-22-16(8-9-18(25-22)23(4,5)6)21(29)27-33(30,31)17-12-28(7)26-20(17)24/h8-12H,1-7H3,(H2,24,26)(H,27,29). The molecule has 0 saturated carbocycles. The number of rotatable bonds is 5. The van der Waals surface area contributed by atoms with Gasteiger partial charge < -0.3 is 10.5 Å². The maximum Gasteiger partial charge on any atom is 0.270 e. The molecule has 0 spiro atoms. The molecule has 0 unspecified atom stereocenters. The first-order valence-corrected chi connectivity index (χ1v) is 11.8. The Bertz CT molecular complexity index is 1310. The quantitative estimate of drug-likeness (QED) is 0.582. The first kappa shape index (κ1) is 24.2. The molecule has 0 saturated heterocycles. The van der Waals surface area contributed by atoms with E-state index in [0.29, 0.717) is 11.4 Å². The molecule has 0 bridgehead atoms. The van der Waals surface area contributed by atoms with Gasteiger partial charge in [-0.25, -0.2) is 18.1 Å². The number of pyridine rings is 1. The van der Waals surface area contributed by atoms with Crippen LogP contribution in [0.1, 0.15) is 53.5 Å². The number of sulfonamides is 1. The number of amides is 1. The van der Waals surface area contributed by atoms with Crippen LogP contribution < -0.4 is 15.2 Å². The third-order valence-corrected chi connectivity index (χ3v) is 6.36. The summed E-state index contributed by atoms with van der Waals surface area (Å²) in [6, 6.07) is 7.12. The fourth-order valence-electron chi connectivity index (χ4n) is 3.46. The minimum atomic E-state index is -4.26. The molecule has 0 aliphatic heterocycles. The van der Waals surface area contributed by atoms with Crippen molar-refractivity contribution < 1.29 is 17.9 Å². The highest BCUT2D eigenvalue weighted by Gasteiger charge is 2.27. The summed E-state index contributed by atoms with van der Waals surface area (Å²) >= 11 is 0. The van der Waals surface area contributed by atoms with Gasteiger partial charge in [-0.15, -0.1) is 0 Å². The number of hydrogen-bond donors (Lipinski definition) is 2. The lowest BCUT2D eigenvalue weighted by atomic mass is 9.91. The Balaban J connectivity index is 2.06. The summed E-state index contributed by atoms with van der Waals surface area (Å²) in [5.74, 6) is -0.512. The van der Waals surface area contributed by atoms with Gasteiger partial charge in [0.15, 0.2) is 5.82 Å². The van der Waals surface area contributed by atoms with Crippen molar-refractivity contribution >= 4 is 21.7 Å². The van der Waals surface area contributed by atoms with E-state index < -0.39 is 15.9 Å². The summed E-state index contributed by atoms with van der Waals surface area (Å²) in [5.41, 5.74) is 8.86. The van der Waals surface area contributed by atoms with E-state index >= 15 is 0 Å². The van der Waals surface area contributed by atoms with Gasteiger partial charge in [0.25, 0.3) is 15.9 Å². The Labute approximate surface area is 194 Å². The van der Waals surface area contributed by atoms with Gasteiger partial charge in [0.1, 0.15) is 16.2 Å². The van der Waals surface area contributed by atoms with Crippen LogP contribution in [0.4, 0.5) is 5.82 Å². The smallest absolute Gasteiger partial charge is 0.270 e. The first-order chi connectivity index (χ1) is 15.2. The van der Waals surface area contributed by atoms with Gasteiger partial charge in [0.2, 0.25) is 5.88 Å². The number of anilines is 1. The summed E-state index contributed by atoms with van der Waals surface area (Å²) in [4.78, 5) is 17.4. The van der Waals surface area contributed by atoms with Crippen molar-refractivity contribution in [3.05, 3.63) is 58.4 Å². The molecule has 2 heterocycles. The number of carbonyl (C=O) groups excluding carboxylic acids is 1. The molecule has 0 aliphatic rings. The van der Waals surface area contributed by atoms with Gasteiger partial charge in [0, 0.05) is 24.4 Å². The van der Waals surface area contributed by atoms with Crippen LogP contribution in [0, 0.1) is 20.8 Å². The van der Waals surface area contributed by atoms with Crippen molar-refractivity contribution in [3.63, 3.8) is 0 Å². The average molecular weight is 472 g/mol. The second-order valence-corrected chi connectivity index (χ2v) is 10.8. The predicted molar refractivity (Wildman–Crippen MR) is 126 cm³/mol. The van der Waals surface area contributed by atoms with Gasteiger partial charge in [0.05, 0.1) is 0 Å². The Morgan fingerprint density at radius 1 is 1.12 bits per heavy atom. The lowest BCUT2D eigenvalue weighted by Gasteiger charge is -2.21. The maximum atomic E-state index is 13.1. The number of nitrogens with two attached hydrogens (primary N) is 1. The molecule has 176 valence electrons. The molecule has 10 heteroatoms. The molecule has 3 aromatic rings. The van der Waals surface area contributed by atoms with Crippen LogP contribution in [-0.4, -0.2) is 29.1 Å². The van der Waals surface area contributed by atoms with Crippen molar-refractivity contribution in [2.75, 3.05) is 5.73 Å². The third kappa shape index (κ3) is 5.16. The number of nitrogens with zero attached hydrogens (tertiary/aromatic N) is 3. The Hall–Kier alpha value is -3.40. The topological polar surface area (TPSA) is 129 Å². The van der Waals surface area contributed by atoms with Crippen molar-refractivity contribution in [1.82, 2.24) is 19.5 Å². The highest BCUT2D eigenvalue weighted by molar-refractivity contribution is 7.90. The first-order valence-electron chi connectivity index (χ1n) is 10.3. The Morgan fingerprint density at radius 3 is 2.24 bits per heavy atom. The summed E-state index contributed by atoms with van der Waals surface area (Å²) in [6.07, 6.45) is 1.22. The number of nitrogens with one attached hydrogen (secondary N) is 1. The second kappa shape index (κ2) is 8.51. The molecule has 3 rings (SSSR count). The van der Waals surface area contributed by atoms with Gasteiger partial charge >= 0.3 is 0 Å². The fraction of sp³-hybridized carbons (Fsp3) is 0.348. The molecule has 0 aliphatic carbocycles. The minimum absolute atomic E-state index is 0.0179. The van der Waals surface area contributed by atoms with Crippen LogP contribution in [0.15, 0.2) is 35.4 Å². The molecule has 0 radical (unpaired) electrons. The minimum Gasteiger partial charge on any atom is -0.438 e. The largest absolute Gasteiger partial charge is 0.438 e. The zero-order valence-electron chi connectivity index (χ0n) is 19.8. The van der Waals surface area contributed by atoms with Crippen molar-refractivity contribution in [3.8, 4) is 11.6 Å². The van der Waals surface area contributed by atoms with Gasteiger partial charge in [-0.2, -0.15) is 5.10 Å². The molecule has 1 amide bonds. The van der Waals surface area contributed by atoms with Gasteiger partial charge in [-0.05, 0) is 44.0 Å². The predicted octanol–water partition coefficient (Wildman–Crippen LogP) is 3.53. The van der Waals surface area contributed by atoms with E-state index in [9.17, 15) is 13.2 Å². The monoisotopic (exact) mass is 471 g/mol. The van der Waals surface area contributed by atoms with Crippen LogP contribution in [0.5, 0.6) is 11.6 Å². The van der Waals surface area contributed by atoms with Gasteiger partial charge in [-0.3, -0.25) is 9.48 Å². The van der Waals surface area contributed by atoms with Crippen LogP contribution in [0.2, 0.25) is 0 Å². The van der Waals surface area contributed by atoms with Crippen LogP contribution in [-0.2, 0) is 22.5 Å². The fourth-order valence-corrected chi connectivity index (χ4v) is 4.53. The molecule has 2 aromatic heterocycles. The summed E-state index contributed by atoms with van der Waals surface area (Å²) < 4.78 is 35.0. The highest BCUT2D eigenvalue weighted by Crippen LogP contribution is 2.33. The normalized spacial score (nSPS) is 12.0. The number of nitrogen functional groups attached to an aromatic ring is 1. The number of carbonyl (C=O) groups is 1. The number of benzene rings is 1. The van der Waals surface area contributed by atoms with E-state index in [1.54, 1.807) is 6.07 Å². The maximum absolute atomic E-state index is 13.1. The molecular formula is C23H29N5O4S. The van der Waals surface area contributed by atoms with E-state index in [1.807, 2.05) is 58.4 Å². The zero-order chi connectivity index (χ0) is 24.7. The molecule has 1 aromatic carbocycles. The van der Waals surface area contributed by atoms with Crippen molar-refractivity contribution in [2.24, 2.45) is 7.05 Å². The Morgan fingerprint density at radius 2 is 1.73 bits per heavy atom. The SMILES string of the molecule is Cc1cc(C)c(Oc2nc(C(C)(C)C)ccc2C(=O)NS(=O)(=O)c2cn(C)nc2N)c(C)c1. The van der Waals surface area contributed by atoms with E-state index in [1.165, 1.54) is 24.0 Å². The number of hydrogen-bond acceptors (Lipinski definition) is 7. The lowest BCUT2D eigenvalue weighted by molar-refractivity contribution is 0.0978. The molecule has 9 nitrogen and oxygen atoms in total. The van der Waals surface area contributed by atoms with Crippen LogP contribution in [0.3, 0.4) is 0 Å². The van der Waals surface area contributed by atoms with Crippen LogP contribution in [0.25, 0.3) is 0 Å². The second-order valence-electron chi connectivity index (χ2n) is 9.12. The number of ether oxygens (including phenoxy) is 1. The summed E-state index contributed by atoms with van der Waals surface area (Å²) in [5, 5.41) is 3.82. The van der Waals surface area contributed by atoms with E-state index in [0.717, 1.165) is 16.7 Å². The molecule has 3 N–H and O–H groups in total. The molecule has 33 heavy (non-hydrogen) atoms. The van der Waals surface area contributed by atoms with Crippen molar-refractivity contribution in [1.29, 1.82) is 0 Å². The average Bonchev–Trinajstić information content (AvgIpc) is 3.02. The summed E-state index contributed by atoms with van der Waals surface area (Å²) in [6.45, 7) is 11.7. The lowest BCUT2D eigenvalue weighted by Crippen LogP contribution is -2.31. The Kier molecular flexibility index (Phi) is 6.25. The number of aromatic nitrogens is 3. The van der Waals surface area contributed by atoms with E-state index in [-0.39, 0.29) is 27.6 Å². The van der Waals surface area contributed by atoms with Gasteiger partial charge in [-0.1, -0.05) is 38.5 Å². The summed E-state index contributed by atoms with van der Waals surface area (Å²) in [7, 11) is -2.73. The zero-order valence-corrected chi connectivity index (χ0v) is 20.7. The molecular weight excluding hydrogens is 442 g/mol.